The summed E-state index contributed by atoms with van der Waals surface area (Å²) < 4.78 is 10.6. The quantitative estimate of drug-likeness (QED) is 0.295. The highest BCUT2D eigenvalue weighted by molar-refractivity contribution is 8.00. The van der Waals surface area contributed by atoms with Crippen LogP contribution in [0.3, 0.4) is 0 Å². The molecule has 2 aromatic heterocycles. The van der Waals surface area contributed by atoms with E-state index in [-0.39, 0.29) is 17.5 Å². The minimum absolute atomic E-state index is 0.0471. The molecule has 0 saturated carbocycles. The molecular weight excluding hydrogens is 488 g/mol. The first-order valence-corrected chi connectivity index (χ1v) is 12.8. The van der Waals surface area contributed by atoms with Gasteiger partial charge >= 0.3 is 5.88 Å². The van der Waals surface area contributed by atoms with Gasteiger partial charge in [0.25, 0.3) is 6.20 Å². The van der Waals surface area contributed by atoms with Crippen LogP contribution in [0.4, 0.5) is 5.88 Å². The first-order valence-electron chi connectivity index (χ1n) is 11.8. The zero-order valence-corrected chi connectivity index (χ0v) is 21.1. The van der Waals surface area contributed by atoms with Crippen molar-refractivity contribution in [2.75, 3.05) is 42.4 Å². The zero-order chi connectivity index (χ0) is 25.6. The van der Waals surface area contributed by atoms with Gasteiger partial charge in [-0.15, -0.1) is 5.01 Å². The van der Waals surface area contributed by atoms with Crippen molar-refractivity contribution in [1.29, 1.82) is 5.26 Å². The molecule has 3 heterocycles. The number of anilines is 1. The van der Waals surface area contributed by atoms with Gasteiger partial charge in [-0.25, -0.2) is 4.98 Å². The lowest BCUT2D eigenvalue weighted by Gasteiger charge is -2.18. The van der Waals surface area contributed by atoms with E-state index in [0.29, 0.717) is 36.9 Å². The lowest BCUT2D eigenvalue weighted by Crippen LogP contribution is -2.62. The molecule has 37 heavy (non-hydrogen) atoms. The molecule has 1 N–H and O–H groups in total. The molecule has 9 nitrogen and oxygen atoms in total. The number of rotatable bonds is 7. The molecule has 186 valence electrons. The van der Waals surface area contributed by atoms with Crippen LogP contribution in [0.15, 0.2) is 76.4 Å². The van der Waals surface area contributed by atoms with Gasteiger partial charge in [0, 0.05) is 11.1 Å². The number of ether oxygens (including phenoxy) is 1. The molecule has 0 atom stereocenters. The van der Waals surface area contributed by atoms with Gasteiger partial charge in [0.05, 0.1) is 48.1 Å². The van der Waals surface area contributed by atoms with Crippen molar-refractivity contribution in [2.24, 2.45) is 0 Å². The molecule has 10 heteroatoms. The normalized spacial score (nSPS) is 13.2. The Bertz CT molecular complexity index is 1430. The molecule has 0 bridgehead atoms. The average molecular weight is 514 g/mol. The fourth-order valence-corrected chi connectivity index (χ4v) is 4.75. The summed E-state index contributed by atoms with van der Waals surface area (Å²) in [5, 5.41) is 19.2. The molecule has 1 aliphatic heterocycles. The first-order chi connectivity index (χ1) is 18.1. The van der Waals surface area contributed by atoms with E-state index in [1.807, 2.05) is 72.6 Å². The summed E-state index contributed by atoms with van der Waals surface area (Å²) in [6, 6.07) is 22.0. The molecule has 0 spiro atoms. The lowest BCUT2D eigenvalue weighted by molar-refractivity contribution is -0.759. The van der Waals surface area contributed by atoms with Crippen LogP contribution in [0, 0.1) is 18.3 Å². The van der Waals surface area contributed by atoms with E-state index in [1.165, 1.54) is 11.8 Å². The summed E-state index contributed by atoms with van der Waals surface area (Å²) in [5.74, 6) is -0.00202. The molecule has 2 aromatic carbocycles. The Kier molecular flexibility index (Phi) is 7.44. The Balaban J connectivity index is 1.37. The summed E-state index contributed by atoms with van der Waals surface area (Å²) in [4.78, 5) is 19.1. The van der Waals surface area contributed by atoms with E-state index in [1.54, 1.807) is 11.0 Å². The maximum absolute atomic E-state index is 12.7. The van der Waals surface area contributed by atoms with Crippen LogP contribution < -0.4 is 15.1 Å². The van der Waals surface area contributed by atoms with Gasteiger partial charge in [0.1, 0.15) is 11.1 Å². The molecule has 4 aromatic rings. The minimum Gasteiger partial charge on any atom is -0.377 e. The Hall–Kier alpha value is -4.20. The van der Waals surface area contributed by atoms with Crippen LogP contribution in [0.2, 0.25) is 0 Å². The van der Waals surface area contributed by atoms with Gasteiger partial charge in [-0.3, -0.25) is 14.6 Å². The second-order valence-corrected chi connectivity index (χ2v) is 9.43. The standard InChI is InChI=1S/C27H24N6O3S/c1-19-7-9-20(10-8-19)22-15-24(21-5-3-2-4-6-21)29-27(23(22)16-28)37-18-25(34)30-26-17-33(31-36-26)32-11-13-35-14-12-32/h2-10,15,17H,11-14,18H2,1H3/p+1. The van der Waals surface area contributed by atoms with Crippen LogP contribution in [-0.2, 0) is 9.53 Å². The third-order valence-electron chi connectivity index (χ3n) is 5.87. The highest BCUT2D eigenvalue weighted by Gasteiger charge is 2.24. The van der Waals surface area contributed by atoms with Crippen molar-refractivity contribution in [2.45, 2.75) is 11.9 Å². The number of carbonyl (C=O) groups is 1. The average Bonchev–Trinajstić information content (AvgIpc) is 3.41. The lowest BCUT2D eigenvalue weighted by atomic mass is 9.98. The van der Waals surface area contributed by atoms with Crippen LogP contribution in [0.25, 0.3) is 22.4 Å². The summed E-state index contributed by atoms with van der Waals surface area (Å²) in [6.45, 7) is 4.61. The van der Waals surface area contributed by atoms with Crippen molar-refractivity contribution >= 4 is 23.6 Å². The number of benzene rings is 2. The molecule has 1 aliphatic rings. The molecular formula is C27H25N6O3S+. The number of aryl methyl sites for hydroxylation is 1. The van der Waals surface area contributed by atoms with E-state index in [2.05, 4.69) is 16.7 Å². The van der Waals surface area contributed by atoms with Crippen LogP contribution >= 0.6 is 11.8 Å². The number of hydrogen-bond acceptors (Lipinski definition) is 8. The van der Waals surface area contributed by atoms with E-state index in [9.17, 15) is 10.1 Å². The summed E-state index contributed by atoms with van der Waals surface area (Å²) in [7, 11) is 0. The van der Waals surface area contributed by atoms with E-state index in [4.69, 9.17) is 14.2 Å². The monoisotopic (exact) mass is 513 g/mol. The number of thioether (sulfide) groups is 1. The first kappa shape index (κ1) is 24.5. The van der Waals surface area contributed by atoms with Crippen molar-refractivity contribution in [3.63, 3.8) is 0 Å². The Morgan fingerprint density at radius 1 is 1.14 bits per heavy atom. The molecule has 1 fully saturated rings. The van der Waals surface area contributed by atoms with Gasteiger partial charge in [-0.1, -0.05) is 71.9 Å². The minimum atomic E-state index is -0.289. The van der Waals surface area contributed by atoms with Gasteiger partial charge in [0.15, 0.2) is 0 Å². The molecule has 0 aliphatic carbocycles. The highest BCUT2D eigenvalue weighted by atomic mass is 32.2. The van der Waals surface area contributed by atoms with Crippen LogP contribution in [-0.4, -0.2) is 48.2 Å². The van der Waals surface area contributed by atoms with Crippen molar-refractivity contribution < 1.29 is 18.8 Å². The number of aromatic nitrogens is 3. The van der Waals surface area contributed by atoms with Crippen molar-refractivity contribution in [3.05, 3.63) is 78.0 Å². The second kappa shape index (κ2) is 11.2. The van der Waals surface area contributed by atoms with E-state index < -0.39 is 0 Å². The fourth-order valence-electron chi connectivity index (χ4n) is 3.94. The van der Waals surface area contributed by atoms with E-state index >= 15 is 0 Å². The molecule has 1 saturated heterocycles. The number of nitrogens with one attached hydrogen (secondary N) is 1. The number of hydrogen-bond donors (Lipinski definition) is 1. The SMILES string of the molecule is Cc1ccc(-c2cc(-c3ccccc3)nc(SCC(=O)Nc3c[n+](N4CCOCC4)no3)c2C#N)cc1. The summed E-state index contributed by atoms with van der Waals surface area (Å²) >= 11 is 1.21. The second-order valence-electron chi connectivity index (χ2n) is 8.47. The predicted molar refractivity (Wildman–Crippen MR) is 139 cm³/mol. The topological polar surface area (TPSA) is 108 Å². The maximum atomic E-state index is 12.7. The van der Waals surface area contributed by atoms with Crippen LogP contribution in [0.5, 0.6) is 0 Å². The third-order valence-corrected chi connectivity index (χ3v) is 6.84. The van der Waals surface area contributed by atoms with Gasteiger partial charge in [0.2, 0.25) is 11.2 Å². The molecule has 5 rings (SSSR count). The molecule has 0 unspecified atom stereocenters. The Morgan fingerprint density at radius 3 is 2.62 bits per heavy atom. The maximum Gasteiger partial charge on any atom is 0.305 e. The number of nitrogens with zero attached hydrogens (tertiary/aromatic N) is 5. The van der Waals surface area contributed by atoms with Gasteiger partial charge < -0.3 is 4.74 Å². The number of carbonyl (C=O) groups excluding carboxylic acids is 1. The smallest absolute Gasteiger partial charge is 0.305 e. The predicted octanol–water partition coefficient (Wildman–Crippen LogP) is 3.57. The zero-order valence-electron chi connectivity index (χ0n) is 20.3. The number of nitriles is 1. The fraction of sp³-hybridized carbons (Fsp3) is 0.222. The van der Waals surface area contributed by atoms with Crippen LogP contribution in [0.1, 0.15) is 11.1 Å². The summed E-state index contributed by atoms with van der Waals surface area (Å²) in [5.41, 5.74) is 4.93. The molecule has 0 radical (unpaired) electrons. The summed E-state index contributed by atoms with van der Waals surface area (Å²) in [6.07, 6.45) is 1.62. The van der Waals surface area contributed by atoms with Crippen molar-refractivity contribution in [3.8, 4) is 28.5 Å². The van der Waals surface area contributed by atoms with Gasteiger partial charge in [-0.2, -0.15) is 5.26 Å². The number of pyridine rings is 1. The number of amides is 1. The third kappa shape index (κ3) is 5.80. The highest BCUT2D eigenvalue weighted by Crippen LogP contribution is 2.34. The number of morpholine rings is 1. The van der Waals surface area contributed by atoms with Crippen molar-refractivity contribution in [1.82, 2.24) is 10.3 Å². The van der Waals surface area contributed by atoms with Gasteiger partial charge in [-0.05, 0) is 18.6 Å². The Labute approximate surface area is 218 Å². The Morgan fingerprint density at radius 2 is 1.89 bits per heavy atom. The van der Waals surface area contributed by atoms with E-state index in [0.717, 1.165) is 27.9 Å². The largest absolute Gasteiger partial charge is 0.377 e. The molecule has 1 amide bonds.